The zero-order chi connectivity index (χ0) is 8.55. The average Bonchev–Trinajstić information content (AvgIpc) is 2.44. The van der Waals surface area contributed by atoms with Crippen molar-refractivity contribution in [3.63, 3.8) is 0 Å². The third-order valence-corrected chi connectivity index (χ3v) is 3.13. The van der Waals surface area contributed by atoms with Crippen LogP contribution in [-0.4, -0.2) is 18.5 Å². The lowest BCUT2D eigenvalue weighted by atomic mass is 9.83. The first-order valence-electron chi connectivity index (χ1n) is 5.12. The normalized spacial score (nSPS) is 47.5. The molecule has 0 bridgehead atoms. The molecule has 0 radical (unpaired) electrons. The maximum absolute atomic E-state index is 5.75. The van der Waals surface area contributed by atoms with Crippen LogP contribution in [0.3, 0.4) is 0 Å². The molecule has 1 aliphatic heterocycles. The fraction of sp³-hybridized carbons (Fsp3) is 1.00. The Labute approximate surface area is 74.2 Å². The molecule has 2 nitrogen and oxygen atoms in total. The number of hydrogen-bond acceptors (Lipinski definition) is 2. The van der Waals surface area contributed by atoms with Gasteiger partial charge in [0.25, 0.3) is 0 Å². The van der Waals surface area contributed by atoms with Crippen molar-refractivity contribution in [3.05, 3.63) is 0 Å². The second-order valence-electron chi connectivity index (χ2n) is 3.94. The average molecular weight is 170 g/mol. The van der Waals surface area contributed by atoms with Crippen molar-refractivity contribution in [1.82, 2.24) is 0 Å². The molecule has 4 atom stereocenters. The van der Waals surface area contributed by atoms with Gasteiger partial charge < -0.3 is 9.47 Å². The molecule has 0 spiro atoms. The van der Waals surface area contributed by atoms with Crippen LogP contribution in [0.25, 0.3) is 0 Å². The summed E-state index contributed by atoms with van der Waals surface area (Å²) < 4.78 is 11.4. The van der Waals surface area contributed by atoms with Gasteiger partial charge in [0.2, 0.25) is 0 Å². The van der Waals surface area contributed by atoms with Crippen molar-refractivity contribution in [1.29, 1.82) is 0 Å². The quantitative estimate of drug-likeness (QED) is 0.601. The molecule has 1 heterocycles. The van der Waals surface area contributed by atoms with Crippen molar-refractivity contribution in [2.75, 3.05) is 0 Å². The molecule has 2 aliphatic rings. The molecule has 0 amide bonds. The van der Waals surface area contributed by atoms with Crippen LogP contribution in [-0.2, 0) is 9.47 Å². The lowest BCUT2D eigenvalue weighted by Crippen LogP contribution is -2.34. The van der Waals surface area contributed by atoms with E-state index in [1.165, 1.54) is 25.7 Å². The monoisotopic (exact) mass is 170 g/mol. The highest BCUT2D eigenvalue weighted by Gasteiger charge is 2.40. The highest BCUT2D eigenvalue weighted by atomic mass is 16.7. The van der Waals surface area contributed by atoms with E-state index >= 15 is 0 Å². The third-order valence-electron chi connectivity index (χ3n) is 3.13. The summed E-state index contributed by atoms with van der Waals surface area (Å²) >= 11 is 0. The van der Waals surface area contributed by atoms with Gasteiger partial charge in [-0.2, -0.15) is 0 Å². The van der Waals surface area contributed by atoms with E-state index in [0.29, 0.717) is 12.2 Å². The summed E-state index contributed by atoms with van der Waals surface area (Å²) in [5, 5.41) is 0. The molecule has 2 rings (SSSR count). The molecule has 1 aliphatic carbocycles. The van der Waals surface area contributed by atoms with Gasteiger partial charge in [-0.3, -0.25) is 0 Å². The minimum Gasteiger partial charge on any atom is -0.347 e. The second-order valence-corrected chi connectivity index (χ2v) is 3.94. The fourth-order valence-corrected chi connectivity index (χ4v) is 2.49. The molecule has 70 valence electrons. The molecule has 1 saturated heterocycles. The predicted octanol–water partition coefficient (Wildman–Crippen LogP) is 2.33. The Morgan fingerprint density at radius 1 is 1.25 bits per heavy atom. The third kappa shape index (κ3) is 1.38. The van der Waals surface area contributed by atoms with E-state index in [1.54, 1.807) is 0 Å². The number of ether oxygens (including phenoxy) is 2. The van der Waals surface area contributed by atoms with Crippen molar-refractivity contribution in [3.8, 4) is 0 Å². The fourth-order valence-electron chi connectivity index (χ4n) is 2.49. The van der Waals surface area contributed by atoms with Crippen molar-refractivity contribution < 1.29 is 9.47 Å². The molecule has 0 aromatic heterocycles. The first-order chi connectivity index (χ1) is 5.81. The van der Waals surface area contributed by atoms with E-state index in [0.717, 1.165) is 5.92 Å². The predicted molar refractivity (Wildman–Crippen MR) is 46.8 cm³/mol. The molecular formula is C10H18O2. The van der Waals surface area contributed by atoms with Crippen molar-refractivity contribution in [2.24, 2.45) is 5.92 Å². The van der Waals surface area contributed by atoms with Gasteiger partial charge >= 0.3 is 0 Å². The van der Waals surface area contributed by atoms with E-state index in [1.807, 2.05) is 6.92 Å². The maximum Gasteiger partial charge on any atom is 0.155 e. The van der Waals surface area contributed by atoms with Crippen LogP contribution in [0, 0.1) is 5.92 Å². The first kappa shape index (κ1) is 8.52. The molecule has 2 heteroatoms. The van der Waals surface area contributed by atoms with Gasteiger partial charge in [-0.1, -0.05) is 19.8 Å². The molecule has 1 saturated carbocycles. The van der Waals surface area contributed by atoms with E-state index in [2.05, 4.69) is 6.92 Å². The summed E-state index contributed by atoms with van der Waals surface area (Å²) in [6.45, 7) is 4.25. The zero-order valence-corrected chi connectivity index (χ0v) is 7.95. The van der Waals surface area contributed by atoms with Gasteiger partial charge in [0.1, 0.15) is 0 Å². The van der Waals surface area contributed by atoms with Crippen LogP contribution < -0.4 is 0 Å². The summed E-state index contributed by atoms with van der Waals surface area (Å²) in [5.41, 5.74) is 0. The minimum absolute atomic E-state index is 0.0344. The summed E-state index contributed by atoms with van der Waals surface area (Å²) in [6, 6.07) is 0. The lowest BCUT2D eigenvalue weighted by molar-refractivity contribution is -0.0554. The summed E-state index contributed by atoms with van der Waals surface area (Å²) in [7, 11) is 0. The van der Waals surface area contributed by atoms with Gasteiger partial charge in [0, 0.05) is 0 Å². The molecule has 12 heavy (non-hydrogen) atoms. The standard InChI is InChI=1S/C10H18O2/c1-3-8-5-4-6-9-10(8)12-7(2)11-9/h7-10H,3-6H2,1-2H3. The Kier molecular flexibility index (Phi) is 2.37. The minimum atomic E-state index is 0.0344. The molecule has 0 N–H and O–H groups in total. The SMILES string of the molecule is CCC1CCCC2OC(C)OC12. The summed E-state index contributed by atoms with van der Waals surface area (Å²) in [4.78, 5) is 0. The van der Waals surface area contributed by atoms with Crippen LogP contribution in [0.5, 0.6) is 0 Å². The van der Waals surface area contributed by atoms with E-state index < -0.39 is 0 Å². The van der Waals surface area contributed by atoms with Gasteiger partial charge in [0.15, 0.2) is 6.29 Å². The van der Waals surface area contributed by atoms with Crippen molar-refractivity contribution >= 4 is 0 Å². The topological polar surface area (TPSA) is 18.5 Å². The largest absolute Gasteiger partial charge is 0.347 e. The molecule has 0 aromatic rings. The van der Waals surface area contributed by atoms with Gasteiger partial charge in [-0.05, 0) is 25.7 Å². The van der Waals surface area contributed by atoms with Crippen LogP contribution in [0.1, 0.15) is 39.5 Å². The van der Waals surface area contributed by atoms with E-state index in [4.69, 9.17) is 9.47 Å². The molecule has 4 unspecified atom stereocenters. The Morgan fingerprint density at radius 3 is 2.83 bits per heavy atom. The Balaban J connectivity index is 2.02. The number of fused-ring (bicyclic) bond motifs is 1. The highest BCUT2D eigenvalue weighted by Crippen LogP contribution is 2.36. The summed E-state index contributed by atoms with van der Waals surface area (Å²) in [5.74, 6) is 0.744. The Hall–Kier alpha value is -0.0800. The second kappa shape index (κ2) is 3.35. The van der Waals surface area contributed by atoms with E-state index in [-0.39, 0.29) is 6.29 Å². The molecular weight excluding hydrogens is 152 g/mol. The Bertz CT molecular complexity index is 152. The van der Waals surface area contributed by atoms with Crippen molar-refractivity contribution in [2.45, 2.75) is 58.0 Å². The number of rotatable bonds is 1. The zero-order valence-electron chi connectivity index (χ0n) is 7.95. The lowest BCUT2D eigenvalue weighted by Gasteiger charge is -2.30. The first-order valence-corrected chi connectivity index (χ1v) is 5.12. The van der Waals surface area contributed by atoms with Gasteiger partial charge in [-0.25, -0.2) is 0 Å². The number of hydrogen-bond donors (Lipinski definition) is 0. The van der Waals surface area contributed by atoms with Crippen LogP contribution in [0.2, 0.25) is 0 Å². The van der Waals surface area contributed by atoms with Crippen LogP contribution >= 0.6 is 0 Å². The van der Waals surface area contributed by atoms with Crippen LogP contribution in [0.15, 0.2) is 0 Å². The maximum atomic E-state index is 5.75. The Morgan fingerprint density at radius 2 is 2.08 bits per heavy atom. The smallest absolute Gasteiger partial charge is 0.155 e. The van der Waals surface area contributed by atoms with Crippen LogP contribution in [0.4, 0.5) is 0 Å². The molecule has 2 fully saturated rings. The molecule has 0 aromatic carbocycles. The van der Waals surface area contributed by atoms with E-state index in [9.17, 15) is 0 Å². The van der Waals surface area contributed by atoms with Gasteiger partial charge in [0.05, 0.1) is 12.2 Å². The summed E-state index contributed by atoms with van der Waals surface area (Å²) in [6.07, 6.45) is 5.91. The van der Waals surface area contributed by atoms with Gasteiger partial charge in [-0.15, -0.1) is 0 Å². The highest BCUT2D eigenvalue weighted by molar-refractivity contribution is 4.86.